The molecule has 0 fully saturated rings. The first-order valence-electron chi connectivity index (χ1n) is 6.05. The molecule has 0 amide bonds. The highest BCUT2D eigenvalue weighted by Crippen LogP contribution is 2.32. The van der Waals surface area contributed by atoms with Crippen LogP contribution < -0.4 is 14.8 Å². The Balaban J connectivity index is 2.78. The molecule has 0 unspecified atom stereocenters. The normalized spacial score (nSPS) is 10.5. The summed E-state index contributed by atoms with van der Waals surface area (Å²) in [5.74, 6) is 2.26. The van der Waals surface area contributed by atoms with E-state index in [-0.39, 0.29) is 0 Å². The SMILES string of the molecule is COc1cc(C)c(NCCC(C)C)cc1OC. The summed E-state index contributed by atoms with van der Waals surface area (Å²) in [7, 11) is 3.31. The predicted octanol–water partition coefficient (Wildman–Crippen LogP) is 3.47. The molecule has 96 valence electrons. The van der Waals surface area contributed by atoms with Gasteiger partial charge in [0, 0.05) is 18.3 Å². The Kier molecular flexibility index (Phi) is 5.13. The van der Waals surface area contributed by atoms with E-state index in [9.17, 15) is 0 Å². The number of hydrogen-bond donors (Lipinski definition) is 1. The van der Waals surface area contributed by atoms with Crippen molar-refractivity contribution in [1.82, 2.24) is 0 Å². The molecule has 0 atom stereocenters. The van der Waals surface area contributed by atoms with E-state index in [0.717, 1.165) is 30.2 Å². The van der Waals surface area contributed by atoms with Crippen LogP contribution in [0.3, 0.4) is 0 Å². The van der Waals surface area contributed by atoms with Gasteiger partial charge in [-0.25, -0.2) is 0 Å². The zero-order valence-electron chi connectivity index (χ0n) is 11.5. The van der Waals surface area contributed by atoms with E-state index >= 15 is 0 Å². The standard InChI is InChI=1S/C14H23NO2/c1-10(2)6-7-15-12-9-14(17-5)13(16-4)8-11(12)3/h8-10,15H,6-7H2,1-5H3. The van der Waals surface area contributed by atoms with Gasteiger partial charge in [-0.1, -0.05) is 13.8 Å². The van der Waals surface area contributed by atoms with Crippen LogP contribution in [-0.2, 0) is 0 Å². The number of aryl methyl sites for hydroxylation is 1. The average Bonchev–Trinajstić information content (AvgIpc) is 2.30. The lowest BCUT2D eigenvalue weighted by atomic mass is 10.1. The Bertz CT molecular complexity index is 361. The van der Waals surface area contributed by atoms with Crippen molar-refractivity contribution in [3.05, 3.63) is 17.7 Å². The highest BCUT2D eigenvalue weighted by molar-refractivity contribution is 5.60. The summed E-state index contributed by atoms with van der Waals surface area (Å²) in [4.78, 5) is 0. The number of benzene rings is 1. The molecule has 1 N–H and O–H groups in total. The maximum Gasteiger partial charge on any atom is 0.162 e. The van der Waals surface area contributed by atoms with Crippen LogP contribution in [0.15, 0.2) is 12.1 Å². The van der Waals surface area contributed by atoms with Crippen LogP contribution in [-0.4, -0.2) is 20.8 Å². The zero-order valence-corrected chi connectivity index (χ0v) is 11.5. The molecule has 0 bridgehead atoms. The van der Waals surface area contributed by atoms with Gasteiger partial charge in [0.15, 0.2) is 11.5 Å². The van der Waals surface area contributed by atoms with Crippen LogP contribution in [0.2, 0.25) is 0 Å². The van der Waals surface area contributed by atoms with E-state index in [1.807, 2.05) is 12.1 Å². The van der Waals surface area contributed by atoms with Gasteiger partial charge in [0.2, 0.25) is 0 Å². The molecule has 1 aromatic rings. The maximum absolute atomic E-state index is 5.29. The summed E-state index contributed by atoms with van der Waals surface area (Å²) in [6, 6.07) is 3.99. The Morgan fingerprint density at radius 3 is 2.24 bits per heavy atom. The molecule has 0 saturated heterocycles. The van der Waals surface area contributed by atoms with Gasteiger partial charge in [-0.05, 0) is 30.9 Å². The summed E-state index contributed by atoms with van der Waals surface area (Å²) in [6.07, 6.45) is 1.16. The first kappa shape index (κ1) is 13.7. The first-order valence-corrected chi connectivity index (χ1v) is 6.05. The van der Waals surface area contributed by atoms with Crippen molar-refractivity contribution in [3.8, 4) is 11.5 Å². The second-order valence-corrected chi connectivity index (χ2v) is 4.63. The summed E-state index contributed by atoms with van der Waals surface area (Å²) in [5.41, 5.74) is 2.29. The largest absolute Gasteiger partial charge is 0.493 e. The molecule has 17 heavy (non-hydrogen) atoms. The van der Waals surface area contributed by atoms with Crippen molar-refractivity contribution < 1.29 is 9.47 Å². The van der Waals surface area contributed by atoms with Crippen molar-refractivity contribution in [1.29, 1.82) is 0 Å². The molecule has 0 saturated carbocycles. The fourth-order valence-corrected chi connectivity index (χ4v) is 1.67. The molecule has 0 aliphatic rings. The lowest BCUT2D eigenvalue weighted by molar-refractivity contribution is 0.355. The Hall–Kier alpha value is -1.38. The minimum absolute atomic E-state index is 0.711. The summed E-state index contributed by atoms with van der Waals surface area (Å²) in [6.45, 7) is 7.50. The maximum atomic E-state index is 5.29. The molecule has 1 rings (SSSR count). The third-order valence-electron chi connectivity index (χ3n) is 2.77. The highest BCUT2D eigenvalue weighted by Gasteiger charge is 2.08. The molecule has 0 aromatic heterocycles. The van der Waals surface area contributed by atoms with E-state index in [1.165, 1.54) is 5.56 Å². The quantitative estimate of drug-likeness (QED) is 0.821. The number of ether oxygens (including phenoxy) is 2. The molecule has 0 spiro atoms. The van der Waals surface area contributed by atoms with Gasteiger partial charge >= 0.3 is 0 Å². The van der Waals surface area contributed by atoms with E-state index < -0.39 is 0 Å². The van der Waals surface area contributed by atoms with Gasteiger partial charge in [-0.3, -0.25) is 0 Å². The summed E-state index contributed by atoms with van der Waals surface area (Å²) in [5, 5.41) is 3.43. The minimum atomic E-state index is 0.711. The number of hydrogen-bond acceptors (Lipinski definition) is 3. The molecule has 0 radical (unpaired) electrons. The lowest BCUT2D eigenvalue weighted by Crippen LogP contribution is -2.06. The van der Waals surface area contributed by atoms with E-state index in [2.05, 4.69) is 26.1 Å². The van der Waals surface area contributed by atoms with Crippen LogP contribution in [0.1, 0.15) is 25.8 Å². The average molecular weight is 237 g/mol. The van der Waals surface area contributed by atoms with Gasteiger partial charge in [0.25, 0.3) is 0 Å². The molecular weight excluding hydrogens is 214 g/mol. The first-order chi connectivity index (χ1) is 8.08. The third kappa shape index (κ3) is 3.84. The van der Waals surface area contributed by atoms with Crippen LogP contribution in [0.5, 0.6) is 11.5 Å². The van der Waals surface area contributed by atoms with Gasteiger partial charge < -0.3 is 14.8 Å². The summed E-state index contributed by atoms with van der Waals surface area (Å²) >= 11 is 0. The van der Waals surface area contributed by atoms with Gasteiger partial charge in [0.05, 0.1) is 14.2 Å². The van der Waals surface area contributed by atoms with E-state index in [0.29, 0.717) is 5.92 Å². The lowest BCUT2D eigenvalue weighted by Gasteiger charge is -2.15. The van der Waals surface area contributed by atoms with Crippen molar-refractivity contribution in [2.45, 2.75) is 27.2 Å². The fourth-order valence-electron chi connectivity index (χ4n) is 1.67. The molecule has 3 heteroatoms. The minimum Gasteiger partial charge on any atom is -0.493 e. The molecular formula is C14H23NO2. The van der Waals surface area contributed by atoms with Gasteiger partial charge in [-0.2, -0.15) is 0 Å². The smallest absolute Gasteiger partial charge is 0.162 e. The van der Waals surface area contributed by atoms with Crippen LogP contribution >= 0.6 is 0 Å². The van der Waals surface area contributed by atoms with Crippen LogP contribution in [0.25, 0.3) is 0 Å². The van der Waals surface area contributed by atoms with Crippen molar-refractivity contribution in [3.63, 3.8) is 0 Å². The number of anilines is 1. The van der Waals surface area contributed by atoms with Crippen LogP contribution in [0.4, 0.5) is 5.69 Å². The Morgan fingerprint density at radius 2 is 1.71 bits per heavy atom. The van der Waals surface area contributed by atoms with Crippen molar-refractivity contribution >= 4 is 5.69 Å². The van der Waals surface area contributed by atoms with Crippen molar-refractivity contribution in [2.24, 2.45) is 5.92 Å². The monoisotopic (exact) mass is 237 g/mol. The van der Waals surface area contributed by atoms with Gasteiger partial charge in [-0.15, -0.1) is 0 Å². The topological polar surface area (TPSA) is 30.5 Å². The van der Waals surface area contributed by atoms with E-state index in [4.69, 9.17) is 9.47 Å². The fraction of sp³-hybridized carbons (Fsp3) is 0.571. The number of rotatable bonds is 6. The molecule has 0 aliphatic carbocycles. The second kappa shape index (κ2) is 6.38. The Labute approximate surface area is 104 Å². The molecule has 1 aromatic carbocycles. The Morgan fingerprint density at radius 1 is 1.12 bits per heavy atom. The highest BCUT2D eigenvalue weighted by atomic mass is 16.5. The second-order valence-electron chi connectivity index (χ2n) is 4.63. The molecule has 0 aliphatic heterocycles. The van der Waals surface area contributed by atoms with Crippen molar-refractivity contribution in [2.75, 3.05) is 26.1 Å². The van der Waals surface area contributed by atoms with Crippen LogP contribution in [0, 0.1) is 12.8 Å². The molecule has 3 nitrogen and oxygen atoms in total. The predicted molar refractivity (Wildman–Crippen MR) is 72.2 cm³/mol. The zero-order chi connectivity index (χ0) is 12.8. The number of nitrogens with one attached hydrogen (secondary N) is 1. The third-order valence-corrected chi connectivity index (χ3v) is 2.77. The van der Waals surface area contributed by atoms with Gasteiger partial charge in [0.1, 0.15) is 0 Å². The van der Waals surface area contributed by atoms with E-state index in [1.54, 1.807) is 14.2 Å². The number of methoxy groups -OCH3 is 2. The summed E-state index contributed by atoms with van der Waals surface area (Å²) < 4.78 is 10.6. The molecule has 0 heterocycles.